The fraction of sp³-hybridized carbons (Fsp3) is 0.0517. The maximum atomic E-state index is 13.6. The number of ether oxygens (including phenoxy) is 3. The van der Waals surface area contributed by atoms with E-state index in [4.69, 9.17) is 52.5 Å². The summed E-state index contributed by atoms with van der Waals surface area (Å²) >= 11 is 14.0. The van der Waals surface area contributed by atoms with Crippen molar-refractivity contribution in [2.24, 2.45) is 0 Å². The number of aromatic nitrogens is 9. The van der Waals surface area contributed by atoms with Crippen LogP contribution in [0.1, 0.15) is 5.56 Å². The number of carbonyl (C=O) groups is 2. The molecule has 12 rings (SSSR count). The number of fused-ring (bicyclic) bond motifs is 4. The summed E-state index contributed by atoms with van der Waals surface area (Å²) in [6, 6.07) is 41.8. The number of carbonyl (C=O) groups excluding carboxylic acids is 2. The van der Waals surface area contributed by atoms with Gasteiger partial charge in [0, 0.05) is 55.4 Å². The highest BCUT2D eigenvalue weighted by Gasteiger charge is 2.22. The van der Waals surface area contributed by atoms with Crippen LogP contribution in [0.15, 0.2) is 162 Å². The minimum atomic E-state index is -0.907. The van der Waals surface area contributed by atoms with E-state index in [0.717, 1.165) is 22.1 Å². The summed E-state index contributed by atoms with van der Waals surface area (Å²) in [5.74, 6) is 0.765. The fourth-order valence-corrected chi connectivity index (χ4v) is 9.81. The molecule has 0 fully saturated rings. The summed E-state index contributed by atoms with van der Waals surface area (Å²) in [4.78, 5) is 73.1. The van der Waals surface area contributed by atoms with Gasteiger partial charge in [-0.1, -0.05) is 83.9 Å². The molecule has 5 aromatic carbocycles. The van der Waals surface area contributed by atoms with E-state index in [2.05, 4.69) is 40.9 Å². The molecule has 12 aromatic rings. The Balaban J connectivity index is 0.935. The summed E-state index contributed by atoms with van der Waals surface area (Å²) in [6.45, 7) is 0. The molecular formula is C58H39Cl2N11O7. The van der Waals surface area contributed by atoms with Crippen LogP contribution in [0.4, 0.5) is 16.2 Å². The highest BCUT2D eigenvalue weighted by atomic mass is 35.5. The standard InChI is InChI=1S/C58H39Cl2N11O7/c1-76-38-13-11-29(12-14-38)17-47(72)63-45-25-35-21-40(33-19-37-27-62-69-52(37)43(59)23-33)50(66-55(35)67-56(45)73)31-9-6-10-32(18-31)51-42-20-34(24-44(60)53(42)71-70-51)41-22-36-26-46(64-58(75)78-39-15-16-48(77-2)61-28-39)57(74)68-54(36)65-49(41)30-7-4-3-5-8-30/h3-16,18-28H,17H2,1-2H3,(H,62,69)(H,63,72)(H,64,75)(H,70,71)(H,65,68,74)(H,66,67,73). The SMILES string of the molecule is COc1ccc(CC(=O)Nc2cc3cc(-c4cc(Cl)c5[nH]ncc5c4)c(-c4cccc(-c5n[nH]c6c(Cl)cc(-c7cc8cc(NC(=O)Oc9ccc(OC)nc9)c(=O)[nH]c8nc7-c7ccccc7)cc56)c4)nc3[nH]c2=O)cc1. The molecule has 0 aliphatic carbocycles. The van der Waals surface area contributed by atoms with Crippen LogP contribution < -0.4 is 36.0 Å². The van der Waals surface area contributed by atoms with Gasteiger partial charge in [0.25, 0.3) is 11.1 Å². The lowest BCUT2D eigenvalue weighted by Crippen LogP contribution is -2.22. The van der Waals surface area contributed by atoms with Crippen LogP contribution in [-0.2, 0) is 11.2 Å². The van der Waals surface area contributed by atoms with Crippen LogP contribution in [0.2, 0.25) is 10.0 Å². The fourth-order valence-electron chi connectivity index (χ4n) is 9.28. The minimum absolute atomic E-state index is 0.0340. The number of amides is 2. The molecule has 0 radical (unpaired) electrons. The lowest BCUT2D eigenvalue weighted by molar-refractivity contribution is -0.115. The van der Waals surface area contributed by atoms with Gasteiger partial charge in [0.15, 0.2) is 5.75 Å². The third-order valence-electron chi connectivity index (χ3n) is 13.0. The monoisotopic (exact) mass is 1070 g/mol. The molecule has 0 aliphatic rings. The van der Waals surface area contributed by atoms with Crippen molar-refractivity contribution in [1.29, 1.82) is 0 Å². The molecule has 18 nitrogen and oxygen atoms in total. The Hall–Kier alpha value is -10.2. The number of methoxy groups -OCH3 is 2. The van der Waals surface area contributed by atoms with Crippen molar-refractivity contribution in [3.8, 4) is 73.4 Å². The van der Waals surface area contributed by atoms with Crippen molar-refractivity contribution < 1.29 is 23.8 Å². The van der Waals surface area contributed by atoms with Gasteiger partial charge in [0.05, 0.1) is 71.2 Å². The number of pyridine rings is 5. The largest absolute Gasteiger partial charge is 0.497 e. The smallest absolute Gasteiger partial charge is 0.417 e. The van der Waals surface area contributed by atoms with E-state index >= 15 is 0 Å². The second-order valence-corrected chi connectivity index (χ2v) is 18.8. The first-order chi connectivity index (χ1) is 37.9. The molecule has 382 valence electrons. The van der Waals surface area contributed by atoms with Crippen LogP contribution in [0.5, 0.6) is 17.4 Å². The molecule has 7 heterocycles. The predicted molar refractivity (Wildman–Crippen MR) is 301 cm³/mol. The molecule has 0 aliphatic heterocycles. The summed E-state index contributed by atoms with van der Waals surface area (Å²) in [5.41, 5.74) is 7.93. The van der Waals surface area contributed by atoms with Gasteiger partial charge in [-0.3, -0.25) is 29.9 Å². The Kier molecular flexibility index (Phi) is 12.6. The van der Waals surface area contributed by atoms with Crippen molar-refractivity contribution >= 4 is 90.4 Å². The third kappa shape index (κ3) is 9.48. The van der Waals surface area contributed by atoms with Gasteiger partial charge in [-0.25, -0.2) is 19.7 Å². The zero-order chi connectivity index (χ0) is 53.6. The third-order valence-corrected chi connectivity index (χ3v) is 13.6. The molecule has 0 spiro atoms. The molecule has 7 aromatic heterocycles. The number of hydrogen-bond acceptors (Lipinski definition) is 12. The maximum Gasteiger partial charge on any atom is 0.417 e. The van der Waals surface area contributed by atoms with E-state index in [0.29, 0.717) is 93.8 Å². The number of rotatable bonds is 12. The Labute approximate surface area is 450 Å². The highest BCUT2D eigenvalue weighted by molar-refractivity contribution is 6.36. The summed E-state index contributed by atoms with van der Waals surface area (Å²) in [5, 5.41) is 23.7. The van der Waals surface area contributed by atoms with Crippen LogP contribution >= 0.6 is 23.2 Å². The van der Waals surface area contributed by atoms with Gasteiger partial charge in [-0.2, -0.15) is 10.2 Å². The zero-order valence-electron chi connectivity index (χ0n) is 41.0. The lowest BCUT2D eigenvalue weighted by Gasteiger charge is -2.14. The number of aromatic amines is 4. The normalized spacial score (nSPS) is 11.3. The van der Waals surface area contributed by atoms with Crippen molar-refractivity contribution in [3.05, 3.63) is 188 Å². The zero-order valence-corrected chi connectivity index (χ0v) is 42.5. The van der Waals surface area contributed by atoms with E-state index in [1.807, 2.05) is 91.0 Å². The molecule has 0 saturated heterocycles. The summed E-state index contributed by atoms with van der Waals surface area (Å²) in [7, 11) is 3.04. The van der Waals surface area contributed by atoms with Gasteiger partial charge < -0.3 is 29.5 Å². The number of benzene rings is 5. The molecule has 2 amide bonds. The van der Waals surface area contributed by atoms with Gasteiger partial charge in [-0.05, 0) is 89.5 Å². The second kappa shape index (κ2) is 20.2. The van der Waals surface area contributed by atoms with E-state index in [1.54, 1.807) is 43.6 Å². The highest BCUT2D eigenvalue weighted by Crippen LogP contribution is 2.42. The van der Waals surface area contributed by atoms with Crippen molar-refractivity contribution in [3.63, 3.8) is 0 Å². The Morgan fingerprint density at radius 3 is 1.86 bits per heavy atom. The molecule has 20 heteroatoms. The Morgan fingerprint density at radius 1 is 0.564 bits per heavy atom. The summed E-state index contributed by atoms with van der Waals surface area (Å²) < 4.78 is 15.7. The van der Waals surface area contributed by atoms with Crippen LogP contribution in [0, 0.1) is 0 Å². The van der Waals surface area contributed by atoms with E-state index < -0.39 is 17.2 Å². The van der Waals surface area contributed by atoms with E-state index in [9.17, 15) is 19.2 Å². The molecule has 78 heavy (non-hydrogen) atoms. The maximum absolute atomic E-state index is 13.6. The van der Waals surface area contributed by atoms with E-state index in [1.165, 1.54) is 31.5 Å². The van der Waals surface area contributed by atoms with Crippen LogP contribution in [0.3, 0.4) is 0 Å². The lowest BCUT2D eigenvalue weighted by atomic mass is 9.94. The average Bonchev–Trinajstić information content (AvgIpc) is 4.29. The molecule has 0 bridgehead atoms. The second-order valence-electron chi connectivity index (χ2n) is 18.0. The Bertz CT molecular complexity index is 4490. The van der Waals surface area contributed by atoms with Gasteiger partial charge in [-0.15, -0.1) is 0 Å². The number of halogens is 2. The molecule has 0 unspecified atom stereocenters. The van der Waals surface area contributed by atoms with Crippen LogP contribution in [-0.4, -0.2) is 71.5 Å². The molecule has 6 N–H and O–H groups in total. The van der Waals surface area contributed by atoms with Gasteiger partial charge >= 0.3 is 6.09 Å². The molecule has 0 atom stereocenters. The first kappa shape index (κ1) is 48.8. The topological polar surface area (TPSA) is 248 Å². The minimum Gasteiger partial charge on any atom is -0.497 e. The van der Waals surface area contributed by atoms with Crippen LogP contribution in [0.25, 0.3) is 99.9 Å². The van der Waals surface area contributed by atoms with Crippen molar-refractivity contribution in [1.82, 2.24) is 45.3 Å². The van der Waals surface area contributed by atoms with Gasteiger partial charge in [0.1, 0.15) is 28.4 Å². The van der Waals surface area contributed by atoms with E-state index in [-0.39, 0.29) is 40.7 Å². The number of anilines is 2. The first-order valence-corrected chi connectivity index (χ1v) is 24.8. The molecule has 0 saturated carbocycles. The predicted octanol–water partition coefficient (Wildman–Crippen LogP) is 11.8. The van der Waals surface area contributed by atoms with Crippen molar-refractivity contribution in [2.45, 2.75) is 6.42 Å². The number of H-pyrrole nitrogens is 4. The Morgan fingerprint density at radius 2 is 1.19 bits per heavy atom. The first-order valence-electron chi connectivity index (χ1n) is 24.0. The number of nitrogens with one attached hydrogen (secondary N) is 6. The average molecular weight is 1070 g/mol. The molecular weight excluding hydrogens is 1030 g/mol. The quantitative estimate of drug-likeness (QED) is 0.0669. The number of nitrogens with zero attached hydrogens (tertiary/aromatic N) is 5. The van der Waals surface area contributed by atoms with Gasteiger partial charge in [0.2, 0.25) is 11.8 Å². The number of hydrogen-bond donors (Lipinski definition) is 6. The summed E-state index contributed by atoms with van der Waals surface area (Å²) in [6.07, 6.45) is 2.14. The van der Waals surface area contributed by atoms with Crippen molar-refractivity contribution in [2.75, 3.05) is 24.9 Å².